The lowest BCUT2D eigenvalue weighted by Gasteiger charge is -2.00. The molecule has 3 nitrogen and oxygen atoms in total. The zero-order chi connectivity index (χ0) is 9.42. The summed E-state index contributed by atoms with van der Waals surface area (Å²) in [7, 11) is 0. The number of carboxylic acids is 1. The molecule has 4 heteroatoms. The van der Waals surface area contributed by atoms with Gasteiger partial charge in [-0.1, -0.05) is 0 Å². The predicted molar refractivity (Wildman–Crippen MR) is 51.2 cm³/mol. The van der Waals surface area contributed by atoms with Crippen LogP contribution in [0.15, 0.2) is 17.2 Å². The molecular weight excluding hydrogens is 186 g/mol. The van der Waals surface area contributed by atoms with E-state index in [1.165, 1.54) is 0 Å². The number of aryl methyl sites for hydroxylation is 1. The number of hydrogen-bond acceptors (Lipinski definition) is 2. The van der Waals surface area contributed by atoms with Gasteiger partial charge in [-0.2, -0.15) is 0 Å². The molecule has 1 aromatic heterocycles. The summed E-state index contributed by atoms with van der Waals surface area (Å²) in [5, 5.41) is 8.92. The Balaban J connectivity index is 2.35. The molecule has 0 aliphatic carbocycles. The second kappa shape index (κ2) is 3.10. The third-order valence-corrected chi connectivity index (χ3v) is 3.15. The summed E-state index contributed by atoms with van der Waals surface area (Å²) in [5.74, 6) is -0.995. The van der Waals surface area contributed by atoms with Crippen molar-refractivity contribution in [2.45, 2.75) is 23.8 Å². The fourth-order valence-electron chi connectivity index (χ4n) is 1.77. The third kappa shape index (κ3) is 1.35. The Hall–Kier alpha value is -0.900. The van der Waals surface area contributed by atoms with E-state index in [1.54, 1.807) is 11.8 Å². The number of nitrogens with zero attached hydrogens (tertiary/aromatic N) is 1. The minimum absolute atomic E-state index is 0.291. The van der Waals surface area contributed by atoms with Crippen molar-refractivity contribution in [2.24, 2.45) is 0 Å². The van der Waals surface area contributed by atoms with Crippen LogP contribution in [0.5, 0.6) is 0 Å². The molecule has 1 unspecified atom stereocenters. The van der Waals surface area contributed by atoms with Crippen LogP contribution in [-0.2, 0) is 11.3 Å². The zero-order valence-corrected chi connectivity index (χ0v) is 8.17. The van der Waals surface area contributed by atoms with Gasteiger partial charge in [0.1, 0.15) is 0 Å². The number of rotatable bonds is 2. The number of aliphatic carboxylic acids is 1. The molecule has 2 rings (SSSR count). The van der Waals surface area contributed by atoms with Gasteiger partial charge in [-0.3, -0.25) is 4.79 Å². The van der Waals surface area contributed by atoms with Crippen LogP contribution in [0.25, 0.3) is 0 Å². The first-order valence-electron chi connectivity index (χ1n) is 4.19. The number of hydrogen-bond donors (Lipinski definition) is 1. The highest BCUT2D eigenvalue weighted by Crippen LogP contribution is 2.32. The highest BCUT2D eigenvalue weighted by molar-refractivity contribution is 7.98. The average Bonchev–Trinajstić information content (AvgIpc) is 2.59. The second-order valence-corrected chi connectivity index (χ2v) is 4.06. The summed E-state index contributed by atoms with van der Waals surface area (Å²) in [5.41, 5.74) is 0.955. The normalized spacial score (nSPS) is 20.2. The molecule has 1 atom stereocenters. The number of aromatic nitrogens is 1. The van der Waals surface area contributed by atoms with Gasteiger partial charge in [-0.25, -0.2) is 0 Å². The standard InChI is InChI=1S/C9H11NO2S/c1-13-6-4-8-7(9(11)12)2-3-10(8)5-6/h4-5,7H,2-3H2,1H3,(H,11,12). The molecule has 0 saturated heterocycles. The molecule has 0 fully saturated rings. The molecule has 13 heavy (non-hydrogen) atoms. The van der Waals surface area contributed by atoms with Crippen LogP contribution >= 0.6 is 11.8 Å². The smallest absolute Gasteiger partial charge is 0.312 e. The van der Waals surface area contributed by atoms with Crippen LogP contribution in [0.3, 0.4) is 0 Å². The molecule has 1 aromatic rings. The maximum Gasteiger partial charge on any atom is 0.312 e. The molecule has 1 N–H and O–H groups in total. The van der Waals surface area contributed by atoms with Gasteiger partial charge in [-0.05, 0) is 18.7 Å². The SMILES string of the molecule is CSc1cc2n(c1)CCC2C(=O)O. The molecule has 0 bridgehead atoms. The van der Waals surface area contributed by atoms with E-state index in [4.69, 9.17) is 5.11 Å². The molecule has 0 radical (unpaired) electrons. The van der Waals surface area contributed by atoms with E-state index in [0.717, 1.165) is 23.6 Å². The Morgan fingerprint density at radius 2 is 2.54 bits per heavy atom. The lowest BCUT2D eigenvalue weighted by Crippen LogP contribution is -2.07. The van der Waals surface area contributed by atoms with Gasteiger partial charge in [0.2, 0.25) is 0 Å². The second-order valence-electron chi connectivity index (χ2n) is 3.18. The Labute approximate surface area is 80.7 Å². The van der Waals surface area contributed by atoms with Crippen molar-refractivity contribution in [1.29, 1.82) is 0 Å². The lowest BCUT2D eigenvalue weighted by molar-refractivity contribution is -0.138. The van der Waals surface area contributed by atoms with Crippen LogP contribution in [0.2, 0.25) is 0 Å². The highest BCUT2D eigenvalue weighted by atomic mass is 32.2. The maximum absolute atomic E-state index is 10.8. The average molecular weight is 197 g/mol. The zero-order valence-electron chi connectivity index (χ0n) is 7.36. The fraction of sp³-hybridized carbons (Fsp3) is 0.444. The van der Waals surface area contributed by atoms with E-state index < -0.39 is 5.97 Å². The predicted octanol–water partition coefficient (Wildman–Crippen LogP) is 1.78. The molecular formula is C9H11NO2S. The Kier molecular flexibility index (Phi) is 2.07. The first-order chi connectivity index (χ1) is 6.22. The monoisotopic (exact) mass is 197 g/mol. The third-order valence-electron chi connectivity index (χ3n) is 2.45. The van der Waals surface area contributed by atoms with Crippen molar-refractivity contribution in [3.05, 3.63) is 18.0 Å². The van der Waals surface area contributed by atoms with E-state index in [1.807, 2.05) is 23.1 Å². The first-order valence-corrected chi connectivity index (χ1v) is 5.41. The van der Waals surface area contributed by atoms with Crippen LogP contribution in [0.4, 0.5) is 0 Å². The molecule has 0 spiro atoms. The minimum Gasteiger partial charge on any atom is -0.481 e. The summed E-state index contributed by atoms with van der Waals surface area (Å²) >= 11 is 1.65. The van der Waals surface area contributed by atoms with Crippen molar-refractivity contribution >= 4 is 17.7 Å². The van der Waals surface area contributed by atoms with Crippen molar-refractivity contribution in [3.8, 4) is 0 Å². The first kappa shape index (κ1) is 8.69. The maximum atomic E-state index is 10.8. The van der Waals surface area contributed by atoms with Gasteiger partial charge in [-0.15, -0.1) is 11.8 Å². The Morgan fingerprint density at radius 3 is 3.15 bits per heavy atom. The molecule has 2 heterocycles. The van der Waals surface area contributed by atoms with Crippen molar-refractivity contribution in [2.75, 3.05) is 6.26 Å². The van der Waals surface area contributed by atoms with Gasteiger partial charge in [0.25, 0.3) is 0 Å². The minimum atomic E-state index is -0.704. The molecule has 0 saturated carbocycles. The van der Waals surface area contributed by atoms with Crippen molar-refractivity contribution in [3.63, 3.8) is 0 Å². The van der Waals surface area contributed by atoms with E-state index in [-0.39, 0.29) is 5.92 Å². The molecule has 0 aromatic carbocycles. The van der Waals surface area contributed by atoms with Gasteiger partial charge >= 0.3 is 5.97 Å². The Morgan fingerprint density at radius 1 is 1.77 bits per heavy atom. The highest BCUT2D eigenvalue weighted by Gasteiger charge is 2.28. The van der Waals surface area contributed by atoms with Crippen LogP contribution in [-0.4, -0.2) is 21.9 Å². The van der Waals surface area contributed by atoms with E-state index in [0.29, 0.717) is 0 Å². The summed E-state index contributed by atoms with van der Waals surface area (Å²) < 4.78 is 2.05. The Bertz CT molecular complexity index is 345. The number of carbonyl (C=O) groups is 1. The van der Waals surface area contributed by atoms with Crippen molar-refractivity contribution in [1.82, 2.24) is 4.57 Å². The van der Waals surface area contributed by atoms with Crippen LogP contribution < -0.4 is 0 Å². The topological polar surface area (TPSA) is 42.2 Å². The van der Waals surface area contributed by atoms with Crippen LogP contribution in [0.1, 0.15) is 18.0 Å². The lowest BCUT2D eigenvalue weighted by atomic mass is 10.1. The summed E-state index contributed by atoms with van der Waals surface area (Å²) in [6.45, 7) is 0.840. The quantitative estimate of drug-likeness (QED) is 0.735. The van der Waals surface area contributed by atoms with Gasteiger partial charge in [0.05, 0.1) is 5.92 Å². The fourth-order valence-corrected chi connectivity index (χ4v) is 2.24. The van der Waals surface area contributed by atoms with E-state index in [9.17, 15) is 4.79 Å². The van der Waals surface area contributed by atoms with Gasteiger partial charge < -0.3 is 9.67 Å². The molecule has 0 amide bonds. The summed E-state index contributed by atoms with van der Waals surface area (Å²) in [6.07, 6.45) is 4.77. The van der Waals surface area contributed by atoms with Crippen LogP contribution in [0, 0.1) is 0 Å². The van der Waals surface area contributed by atoms with Gasteiger partial charge in [0.15, 0.2) is 0 Å². The number of thioether (sulfide) groups is 1. The van der Waals surface area contributed by atoms with Gasteiger partial charge in [0, 0.05) is 23.3 Å². The summed E-state index contributed by atoms with van der Waals surface area (Å²) in [6, 6.07) is 1.98. The largest absolute Gasteiger partial charge is 0.481 e. The van der Waals surface area contributed by atoms with E-state index >= 15 is 0 Å². The van der Waals surface area contributed by atoms with E-state index in [2.05, 4.69) is 0 Å². The number of fused-ring (bicyclic) bond motifs is 1. The van der Waals surface area contributed by atoms with Crippen molar-refractivity contribution < 1.29 is 9.90 Å². The molecule has 1 aliphatic rings. The molecule has 1 aliphatic heterocycles. The number of carboxylic acid groups (broad SMARTS) is 1. The molecule has 70 valence electrons. The summed E-state index contributed by atoms with van der Waals surface area (Å²) in [4.78, 5) is 12.0.